The van der Waals surface area contributed by atoms with E-state index in [2.05, 4.69) is 20.8 Å². The smallest absolute Gasteiger partial charge is 0.421 e. The Labute approximate surface area is 186 Å². The van der Waals surface area contributed by atoms with Crippen molar-refractivity contribution in [1.29, 1.82) is 0 Å². The number of carbonyl (C=O) groups excluding carboxylic acids is 1. The Hall–Kier alpha value is -1.78. The van der Waals surface area contributed by atoms with Crippen LogP contribution in [0.5, 0.6) is 0 Å². The van der Waals surface area contributed by atoms with Crippen molar-refractivity contribution in [1.82, 2.24) is 0 Å². The lowest BCUT2D eigenvalue weighted by Gasteiger charge is -2.16. The Kier molecular flexibility index (Phi) is 12.6. The van der Waals surface area contributed by atoms with E-state index in [1.54, 1.807) is 19.1 Å². The topological polar surface area (TPSA) is 26.3 Å². The van der Waals surface area contributed by atoms with Crippen molar-refractivity contribution >= 4 is 5.97 Å². The summed E-state index contributed by atoms with van der Waals surface area (Å²) < 4.78 is 44.8. The Bertz CT molecular complexity index is 660. The molecule has 0 aliphatic carbocycles. The molecule has 0 saturated heterocycles. The minimum absolute atomic E-state index is 0.259. The maximum absolute atomic E-state index is 13.3. The average molecular weight is 441 g/mol. The number of hydrogen-bond acceptors (Lipinski definition) is 2. The van der Waals surface area contributed by atoms with Crippen LogP contribution in [0.15, 0.2) is 36.1 Å². The van der Waals surface area contributed by atoms with Gasteiger partial charge in [-0.2, -0.15) is 13.2 Å². The van der Waals surface area contributed by atoms with Gasteiger partial charge in [0.1, 0.15) is 0 Å². The predicted molar refractivity (Wildman–Crippen MR) is 121 cm³/mol. The van der Waals surface area contributed by atoms with E-state index < -0.39 is 23.8 Å². The third-order valence-electron chi connectivity index (χ3n) is 5.35. The molecule has 0 spiro atoms. The van der Waals surface area contributed by atoms with E-state index in [1.807, 2.05) is 12.1 Å². The van der Waals surface area contributed by atoms with Crippen molar-refractivity contribution in [2.75, 3.05) is 0 Å². The average Bonchev–Trinajstić information content (AvgIpc) is 2.70. The van der Waals surface area contributed by atoms with Crippen LogP contribution in [-0.2, 0) is 16.0 Å². The second kappa shape index (κ2) is 14.3. The van der Waals surface area contributed by atoms with Crippen LogP contribution in [0.4, 0.5) is 13.2 Å². The highest BCUT2D eigenvalue weighted by molar-refractivity contribution is 5.78. The molecule has 176 valence electrons. The van der Waals surface area contributed by atoms with Gasteiger partial charge in [-0.25, -0.2) is 0 Å². The van der Waals surface area contributed by atoms with Gasteiger partial charge in [-0.1, -0.05) is 90.0 Å². The monoisotopic (exact) mass is 440 g/mol. The van der Waals surface area contributed by atoms with Crippen molar-refractivity contribution in [3.05, 3.63) is 47.2 Å². The third-order valence-corrected chi connectivity index (χ3v) is 5.35. The van der Waals surface area contributed by atoms with Gasteiger partial charge < -0.3 is 4.74 Å². The normalized spacial score (nSPS) is 13.5. The summed E-state index contributed by atoms with van der Waals surface area (Å²) in [4.78, 5) is 12.4. The molecule has 31 heavy (non-hydrogen) atoms. The highest BCUT2D eigenvalue weighted by atomic mass is 19.4. The van der Waals surface area contributed by atoms with Crippen molar-refractivity contribution in [3.63, 3.8) is 0 Å². The quantitative estimate of drug-likeness (QED) is 0.165. The first-order chi connectivity index (χ1) is 14.6. The summed E-state index contributed by atoms with van der Waals surface area (Å²) in [5.74, 6) is -2.32. The number of hydrogen-bond donors (Lipinski definition) is 0. The molecule has 0 aliphatic rings. The standard InChI is InChI=1S/C26H39F3O2/c1-5-6-7-8-9-10-11-12-13-14-24(26(27,28)29)31-25(30)21(4)23-17-15-22(16-18-23)19-20(2)3/h14-18,20-21H,5-13,19H2,1-4H3/b24-14+. The Morgan fingerprint density at radius 3 is 2.00 bits per heavy atom. The zero-order valence-corrected chi connectivity index (χ0v) is 19.6. The van der Waals surface area contributed by atoms with Crippen molar-refractivity contribution < 1.29 is 22.7 Å². The summed E-state index contributed by atoms with van der Waals surface area (Å²) in [5, 5.41) is 0. The molecule has 0 N–H and O–H groups in total. The van der Waals surface area contributed by atoms with Gasteiger partial charge in [0.25, 0.3) is 0 Å². The van der Waals surface area contributed by atoms with Gasteiger partial charge in [0, 0.05) is 0 Å². The van der Waals surface area contributed by atoms with E-state index in [0.717, 1.165) is 37.3 Å². The molecule has 1 unspecified atom stereocenters. The van der Waals surface area contributed by atoms with Crippen LogP contribution in [0, 0.1) is 5.92 Å². The van der Waals surface area contributed by atoms with Gasteiger partial charge in [-0.3, -0.25) is 4.79 Å². The molecule has 1 aromatic carbocycles. The molecule has 1 atom stereocenters. The highest BCUT2D eigenvalue weighted by Crippen LogP contribution is 2.30. The second-order valence-electron chi connectivity index (χ2n) is 8.81. The fourth-order valence-electron chi connectivity index (χ4n) is 3.47. The Morgan fingerprint density at radius 2 is 1.48 bits per heavy atom. The van der Waals surface area contributed by atoms with E-state index in [4.69, 9.17) is 4.74 Å². The number of allylic oxidation sites excluding steroid dienone is 2. The fourth-order valence-corrected chi connectivity index (χ4v) is 3.47. The van der Waals surface area contributed by atoms with Gasteiger partial charge in [0.15, 0.2) is 0 Å². The number of halogens is 3. The summed E-state index contributed by atoms with van der Waals surface area (Å²) in [5.41, 5.74) is 1.79. The lowest BCUT2D eigenvalue weighted by molar-refractivity contribution is -0.161. The first kappa shape index (κ1) is 27.3. The minimum atomic E-state index is -4.67. The van der Waals surface area contributed by atoms with Crippen LogP contribution in [0.3, 0.4) is 0 Å². The maximum atomic E-state index is 13.3. The lowest BCUT2D eigenvalue weighted by Crippen LogP contribution is -2.21. The third kappa shape index (κ3) is 11.4. The van der Waals surface area contributed by atoms with Crippen LogP contribution < -0.4 is 0 Å². The molecular formula is C26H39F3O2. The van der Waals surface area contributed by atoms with Crippen molar-refractivity contribution in [2.45, 2.75) is 104 Å². The molecule has 0 heterocycles. The van der Waals surface area contributed by atoms with E-state index in [-0.39, 0.29) is 6.42 Å². The van der Waals surface area contributed by atoms with Crippen LogP contribution in [0.1, 0.15) is 103 Å². The number of alkyl halides is 3. The Morgan fingerprint density at radius 1 is 0.935 bits per heavy atom. The van der Waals surface area contributed by atoms with Gasteiger partial charge in [0.05, 0.1) is 5.92 Å². The first-order valence-corrected chi connectivity index (χ1v) is 11.7. The summed E-state index contributed by atoms with van der Waals surface area (Å²) in [6, 6.07) is 7.42. The zero-order valence-electron chi connectivity index (χ0n) is 19.6. The predicted octanol–water partition coefficient (Wildman–Crippen LogP) is 8.51. The van der Waals surface area contributed by atoms with Gasteiger partial charge in [0.2, 0.25) is 5.76 Å². The first-order valence-electron chi connectivity index (χ1n) is 11.7. The number of carbonyl (C=O) groups is 1. The van der Waals surface area contributed by atoms with Gasteiger partial charge >= 0.3 is 12.1 Å². The molecule has 0 radical (unpaired) electrons. The summed E-state index contributed by atoms with van der Waals surface area (Å²) in [7, 11) is 0. The van der Waals surface area contributed by atoms with E-state index >= 15 is 0 Å². The molecule has 5 heteroatoms. The number of unbranched alkanes of at least 4 members (excludes halogenated alkanes) is 8. The number of esters is 1. The second-order valence-corrected chi connectivity index (χ2v) is 8.81. The minimum Gasteiger partial charge on any atom is -0.421 e. The SMILES string of the molecule is CCCCCCCCCC/C=C(/OC(=O)C(C)c1ccc(CC(C)C)cc1)C(F)(F)F. The molecule has 0 amide bonds. The molecular weight excluding hydrogens is 401 g/mol. The molecule has 0 aromatic heterocycles. The molecule has 1 aromatic rings. The Balaban J connectivity index is 2.56. The number of benzene rings is 1. The number of ether oxygens (including phenoxy) is 1. The molecule has 2 nitrogen and oxygen atoms in total. The lowest BCUT2D eigenvalue weighted by atomic mass is 9.97. The summed E-state index contributed by atoms with van der Waals surface area (Å²) >= 11 is 0. The fraction of sp³-hybridized carbons (Fsp3) is 0.654. The molecule has 1 rings (SSSR count). The van der Waals surface area contributed by atoms with Crippen molar-refractivity contribution in [3.8, 4) is 0 Å². The summed E-state index contributed by atoms with van der Waals surface area (Å²) in [6.07, 6.45) is 6.09. The van der Waals surface area contributed by atoms with E-state index in [1.165, 1.54) is 25.7 Å². The molecule has 0 saturated carbocycles. The highest BCUT2D eigenvalue weighted by Gasteiger charge is 2.38. The van der Waals surface area contributed by atoms with Crippen LogP contribution in [0.2, 0.25) is 0 Å². The van der Waals surface area contributed by atoms with Gasteiger partial charge in [-0.15, -0.1) is 0 Å². The molecule has 0 aliphatic heterocycles. The number of rotatable bonds is 14. The van der Waals surface area contributed by atoms with Crippen LogP contribution in [-0.4, -0.2) is 12.1 Å². The maximum Gasteiger partial charge on any atom is 0.449 e. The van der Waals surface area contributed by atoms with Crippen LogP contribution >= 0.6 is 0 Å². The van der Waals surface area contributed by atoms with Gasteiger partial charge in [-0.05, 0) is 49.3 Å². The van der Waals surface area contributed by atoms with E-state index in [0.29, 0.717) is 17.9 Å². The van der Waals surface area contributed by atoms with Crippen LogP contribution in [0.25, 0.3) is 0 Å². The molecule has 0 bridgehead atoms. The van der Waals surface area contributed by atoms with E-state index in [9.17, 15) is 18.0 Å². The summed E-state index contributed by atoms with van der Waals surface area (Å²) in [6.45, 7) is 7.98. The molecule has 0 fully saturated rings. The largest absolute Gasteiger partial charge is 0.449 e. The zero-order chi connectivity index (χ0) is 23.3. The van der Waals surface area contributed by atoms with Crippen molar-refractivity contribution in [2.24, 2.45) is 5.92 Å².